The van der Waals surface area contributed by atoms with Crippen molar-refractivity contribution in [3.63, 3.8) is 0 Å². The van der Waals surface area contributed by atoms with Crippen LogP contribution in [0.5, 0.6) is 5.75 Å². The molecule has 0 spiro atoms. The Balaban J connectivity index is 1.62. The van der Waals surface area contributed by atoms with E-state index in [2.05, 4.69) is 34.6 Å². The molecule has 1 fully saturated rings. The molecule has 1 heterocycles. The minimum Gasteiger partial charge on any atom is -0.492 e. The van der Waals surface area contributed by atoms with Crippen LogP contribution in [0.25, 0.3) is 0 Å². The lowest BCUT2D eigenvalue weighted by atomic mass is 10.1. The predicted molar refractivity (Wildman–Crippen MR) is 107 cm³/mol. The van der Waals surface area contributed by atoms with Gasteiger partial charge in [0.05, 0.1) is 6.54 Å². The molecule has 0 radical (unpaired) electrons. The fourth-order valence-corrected chi connectivity index (χ4v) is 3.53. The van der Waals surface area contributed by atoms with Gasteiger partial charge < -0.3 is 15.4 Å². The van der Waals surface area contributed by atoms with E-state index >= 15 is 0 Å². The molecule has 0 aromatic heterocycles. The molecule has 2 atom stereocenters. The van der Waals surface area contributed by atoms with Crippen LogP contribution >= 0.6 is 0 Å². The predicted octanol–water partition coefficient (Wildman–Crippen LogP) is 2.12. The van der Waals surface area contributed by atoms with E-state index in [1.807, 2.05) is 19.2 Å². The van der Waals surface area contributed by atoms with Crippen molar-refractivity contribution in [3.8, 4) is 5.75 Å². The molecule has 0 unspecified atom stereocenters. The first-order chi connectivity index (χ1) is 13.0. The van der Waals surface area contributed by atoms with E-state index in [0.717, 1.165) is 31.4 Å². The van der Waals surface area contributed by atoms with Crippen molar-refractivity contribution in [2.45, 2.75) is 58.0 Å². The lowest BCUT2D eigenvalue weighted by Crippen LogP contribution is -2.42. The maximum atomic E-state index is 12.2. The Morgan fingerprint density at radius 1 is 1.15 bits per heavy atom. The molecular weight excluding hydrogens is 342 g/mol. The molecule has 0 aliphatic carbocycles. The van der Waals surface area contributed by atoms with Crippen LogP contribution in [0.4, 0.5) is 0 Å². The first kappa shape index (κ1) is 21.2. The third kappa shape index (κ3) is 7.21. The van der Waals surface area contributed by atoms with Gasteiger partial charge in [-0.15, -0.1) is 0 Å². The van der Waals surface area contributed by atoms with Crippen LogP contribution in [0.15, 0.2) is 24.3 Å². The number of hydrogen-bond acceptors (Lipinski definition) is 4. The summed E-state index contributed by atoms with van der Waals surface area (Å²) in [4.78, 5) is 25.5. The minimum absolute atomic E-state index is 0.00963. The van der Waals surface area contributed by atoms with Crippen molar-refractivity contribution in [2.75, 3.05) is 26.7 Å². The Morgan fingerprint density at radius 2 is 1.85 bits per heavy atom. The molecule has 27 heavy (non-hydrogen) atoms. The second-order valence-electron chi connectivity index (χ2n) is 7.28. The lowest BCUT2D eigenvalue weighted by Gasteiger charge is -2.25. The van der Waals surface area contributed by atoms with Crippen molar-refractivity contribution in [3.05, 3.63) is 29.8 Å². The van der Waals surface area contributed by atoms with Crippen LogP contribution in [0.3, 0.4) is 0 Å². The van der Waals surface area contributed by atoms with Crippen molar-refractivity contribution in [1.29, 1.82) is 0 Å². The van der Waals surface area contributed by atoms with Gasteiger partial charge in [0, 0.05) is 32.0 Å². The maximum absolute atomic E-state index is 12.2. The molecule has 6 heteroatoms. The SMILES string of the molecule is CCCc1ccc(OCCNC(=O)C[C@@H]2CC[C@H](CNC(C)=O)N2C)cc1. The van der Waals surface area contributed by atoms with Crippen LogP contribution in [-0.4, -0.2) is 55.5 Å². The van der Waals surface area contributed by atoms with Gasteiger partial charge in [0.25, 0.3) is 0 Å². The van der Waals surface area contributed by atoms with Gasteiger partial charge in [0.15, 0.2) is 0 Å². The number of nitrogens with one attached hydrogen (secondary N) is 2. The first-order valence-electron chi connectivity index (χ1n) is 9.94. The van der Waals surface area contributed by atoms with E-state index in [4.69, 9.17) is 4.74 Å². The molecule has 1 aromatic rings. The van der Waals surface area contributed by atoms with Crippen molar-refractivity contribution >= 4 is 11.8 Å². The monoisotopic (exact) mass is 375 g/mol. The number of nitrogens with zero attached hydrogens (tertiary/aromatic N) is 1. The fourth-order valence-electron chi connectivity index (χ4n) is 3.53. The highest BCUT2D eigenvalue weighted by Gasteiger charge is 2.31. The first-order valence-corrected chi connectivity index (χ1v) is 9.94. The number of aryl methyl sites for hydroxylation is 1. The molecule has 0 saturated carbocycles. The van der Waals surface area contributed by atoms with Gasteiger partial charge in [-0.25, -0.2) is 0 Å². The summed E-state index contributed by atoms with van der Waals surface area (Å²) in [6, 6.07) is 8.68. The van der Waals surface area contributed by atoms with Gasteiger partial charge in [0.1, 0.15) is 12.4 Å². The highest BCUT2D eigenvalue weighted by molar-refractivity contribution is 5.76. The van der Waals surface area contributed by atoms with E-state index < -0.39 is 0 Å². The van der Waals surface area contributed by atoms with E-state index in [1.165, 1.54) is 12.5 Å². The maximum Gasteiger partial charge on any atom is 0.221 e. The summed E-state index contributed by atoms with van der Waals surface area (Å²) in [7, 11) is 2.03. The zero-order valence-electron chi connectivity index (χ0n) is 16.8. The molecule has 1 aliphatic rings. The molecule has 1 saturated heterocycles. The largest absolute Gasteiger partial charge is 0.492 e. The lowest BCUT2D eigenvalue weighted by molar-refractivity contribution is -0.122. The number of ether oxygens (including phenoxy) is 1. The Kier molecular flexibility index (Phi) is 8.58. The Hall–Kier alpha value is -2.08. The van der Waals surface area contributed by atoms with Gasteiger partial charge in [-0.1, -0.05) is 25.5 Å². The molecule has 150 valence electrons. The quantitative estimate of drug-likeness (QED) is 0.615. The summed E-state index contributed by atoms with van der Waals surface area (Å²) in [5.41, 5.74) is 1.32. The van der Waals surface area contributed by atoms with Gasteiger partial charge in [-0.05, 0) is 44.0 Å². The summed E-state index contributed by atoms with van der Waals surface area (Å²) in [5.74, 6) is 0.874. The van der Waals surface area contributed by atoms with Gasteiger partial charge >= 0.3 is 0 Å². The number of benzene rings is 1. The average molecular weight is 376 g/mol. The third-order valence-electron chi connectivity index (χ3n) is 5.15. The number of likely N-dealkylation sites (N-methyl/N-ethyl adjacent to an activating group) is 1. The van der Waals surface area contributed by atoms with Crippen molar-refractivity contribution in [1.82, 2.24) is 15.5 Å². The standard InChI is InChI=1S/C21H33N3O3/c1-4-5-17-6-10-20(11-7-17)27-13-12-22-21(26)14-18-8-9-19(24(18)3)15-23-16(2)25/h6-7,10-11,18-19H,4-5,8-9,12-15H2,1-3H3,(H,22,26)(H,23,25)/t18-,19+/m0/s1. The zero-order chi connectivity index (χ0) is 19.6. The molecule has 2 rings (SSSR count). The smallest absolute Gasteiger partial charge is 0.221 e. The molecule has 1 aliphatic heterocycles. The molecule has 6 nitrogen and oxygen atoms in total. The second-order valence-corrected chi connectivity index (χ2v) is 7.28. The Labute approximate surface area is 162 Å². The molecule has 2 amide bonds. The molecule has 2 N–H and O–H groups in total. The van der Waals surface area contributed by atoms with Gasteiger partial charge in [0.2, 0.25) is 11.8 Å². The number of likely N-dealkylation sites (tertiary alicyclic amines) is 1. The van der Waals surface area contributed by atoms with Crippen LogP contribution in [0.1, 0.15) is 45.1 Å². The summed E-state index contributed by atoms with van der Waals surface area (Å²) in [6.45, 7) is 5.31. The van der Waals surface area contributed by atoms with Gasteiger partial charge in [-0.2, -0.15) is 0 Å². The van der Waals surface area contributed by atoms with Gasteiger partial charge in [-0.3, -0.25) is 14.5 Å². The molecule has 1 aromatic carbocycles. The summed E-state index contributed by atoms with van der Waals surface area (Å²) in [5, 5.41) is 5.80. The normalized spacial score (nSPS) is 19.7. The van der Waals surface area contributed by atoms with Crippen LogP contribution in [0.2, 0.25) is 0 Å². The van der Waals surface area contributed by atoms with Crippen molar-refractivity contribution < 1.29 is 14.3 Å². The van der Waals surface area contributed by atoms with Crippen molar-refractivity contribution in [2.24, 2.45) is 0 Å². The van der Waals surface area contributed by atoms with E-state index in [9.17, 15) is 9.59 Å². The average Bonchev–Trinajstić information content (AvgIpc) is 2.98. The summed E-state index contributed by atoms with van der Waals surface area (Å²) >= 11 is 0. The van der Waals surface area contributed by atoms with Crippen LogP contribution in [-0.2, 0) is 16.0 Å². The highest BCUT2D eigenvalue weighted by Crippen LogP contribution is 2.24. The van der Waals surface area contributed by atoms with Crippen LogP contribution < -0.4 is 15.4 Å². The topological polar surface area (TPSA) is 70.7 Å². The zero-order valence-corrected chi connectivity index (χ0v) is 16.8. The van der Waals surface area contributed by atoms with E-state index in [0.29, 0.717) is 32.2 Å². The number of carbonyl (C=O) groups excluding carboxylic acids is 2. The Bertz CT molecular complexity index is 603. The van der Waals surface area contributed by atoms with Crippen LogP contribution in [0, 0.1) is 0 Å². The van der Waals surface area contributed by atoms with E-state index in [-0.39, 0.29) is 17.9 Å². The number of amides is 2. The second kappa shape index (κ2) is 10.9. The number of rotatable bonds is 10. The van der Waals surface area contributed by atoms with E-state index in [1.54, 1.807) is 0 Å². The number of carbonyl (C=O) groups is 2. The molecular formula is C21H33N3O3. The highest BCUT2D eigenvalue weighted by atomic mass is 16.5. The number of hydrogen-bond donors (Lipinski definition) is 2. The Morgan fingerprint density at radius 3 is 2.52 bits per heavy atom. The molecule has 0 bridgehead atoms. The third-order valence-corrected chi connectivity index (χ3v) is 5.15. The fraction of sp³-hybridized carbons (Fsp3) is 0.619. The summed E-state index contributed by atoms with van der Waals surface area (Å²) < 4.78 is 5.69. The summed E-state index contributed by atoms with van der Waals surface area (Å²) in [6.07, 6.45) is 4.69. The minimum atomic E-state index is -0.00963.